The van der Waals surface area contributed by atoms with E-state index in [1.54, 1.807) is 37.3 Å². The second-order valence-electron chi connectivity index (χ2n) is 8.54. The molecule has 1 fully saturated rings. The van der Waals surface area contributed by atoms with Gasteiger partial charge in [0.2, 0.25) is 5.91 Å². The number of alkyl halides is 3. The van der Waals surface area contributed by atoms with Crippen molar-refractivity contribution in [3.05, 3.63) is 90.0 Å². The first-order valence-electron chi connectivity index (χ1n) is 11.6. The number of hydrogen-bond donors (Lipinski definition) is 1. The number of carbonyl (C=O) groups is 1. The molecule has 0 unspecified atom stereocenters. The van der Waals surface area contributed by atoms with Crippen molar-refractivity contribution in [3.63, 3.8) is 0 Å². The van der Waals surface area contributed by atoms with Crippen molar-refractivity contribution in [1.29, 1.82) is 0 Å². The summed E-state index contributed by atoms with van der Waals surface area (Å²) in [5.74, 6) is 0.335. The lowest BCUT2D eigenvalue weighted by Crippen LogP contribution is -2.14. The highest BCUT2D eigenvalue weighted by molar-refractivity contribution is 5.95. The van der Waals surface area contributed by atoms with Crippen molar-refractivity contribution < 1.29 is 22.7 Å². The maximum atomic E-state index is 13.3. The standard InChI is InChI=1S/C27H23F3N4O2/c1-2-36-26-32-24(18-9-6-10-19(15-18)27(28,29)30)34(33-26)21-13-11-20(12-14-21)31-25(35)23-16-22(23)17-7-4-3-5-8-17/h3-15,22-23H,2,16H2,1H3,(H,31,35)/t22-,23+/m0/s1. The third-order valence-corrected chi connectivity index (χ3v) is 6.04. The summed E-state index contributed by atoms with van der Waals surface area (Å²) in [7, 11) is 0. The van der Waals surface area contributed by atoms with E-state index in [1.807, 2.05) is 30.3 Å². The number of rotatable bonds is 7. The van der Waals surface area contributed by atoms with E-state index in [2.05, 4.69) is 15.4 Å². The van der Waals surface area contributed by atoms with Gasteiger partial charge in [0.05, 0.1) is 17.9 Å². The van der Waals surface area contributed by atoms with Crippen molar-refractivity contribution in [3.8, 4) is 23.1 Å². The van der Waals surface area contributed by atoms with Crippen molar-refractivity contribution in [1.82, 2.24) is 14.8 Å². The van der Waals surface area contributed by atoms with E-state index in [9.17, 15) is 18.0 Å². The molecule has 3 aromatic carbocycles. The minimum atomic E-state index is -4.48. The fourth-order valence-corrected chi connectivity index (χ4v) is 4.16. The van der Waals surface area contributed by atoms with Crippen molar-refractivity contribution in [2.24, 2.45) is 5.92 Å². The van der Waals surface area contributed by atoms with Gasteiger partial charge in [0.25, 0.3) is 0 Å². The largest absolute Gasteiger partial charge is 0.463 e. The van der Waals surface area contributed by atoms with Crippen LogP contribution in [0.4, 0.5) is 18.9 Å². The Hall–Kier alpha value is -4.14. The van der Waals surface area contributed by atoms with Crippen LogP contribution in [0.1, 0.15) is 30.4 Å². The number of ether oxygens (including phenoxy) is 1. The van der Waals surface area contributed by atoms with Crippen LogP contribution in [-0.2, 0) is 11.0 Å². The van der Waals surface area contributed by atoms with Gasteiger partial charge in [0.1, 0.15) is 0 Å². The molecule has 1 aliphatic carbocycles. The predicted octanol–water partition coefficient (Wildman–Crippen LogP) is 6.09. The van der Waals surface area contributed by atoms with Crippen LogP contribution in [0.2, 0.25) is 0 Å². The van der Waals surface area contributed by atoms with Gasteiger partial charge in [0, 0.05) is 17.2 Å². The number of anilines is 1. The van der Waals surface area contributed by atoms with E-state index in [-0.39, 0.29) is 35.1 Å². The fourth-order valence-electron chi connectivity index (χ4n) is 4.16. The van der Waals surface area contributed by atoms with Gasteiger partial charge in [0.15, 0.2) is 5.82 Å². The monoisotopic (exact) mass is 492 g/mol. The lowest BCUT2D eigenvalue weighted by molar-refractivity contribution is -0.137. The summed E-state index contributed by atoms with van der Waals surface area (Å²) in [5, 5.41) is 7.27. The van der Waals surface area contributed by atoms with Crippen molar-refractivity contribution >= 4 is 11.6 Å². The number of nitrogens with one attached hydrogen (secondary N) is 1. The number of aromatic nitrogens is 3. The van der Waals surface area contributed by atoms with Crippen LogP contribution in [0.15, 0.2) is 78.9 Å². The molecule has 1 heterocycles. The summed E-state index contributed by atoms with van der Waals surface area (Å²) >= 11 is 0. The molecule has 1 N–H and O–H groups in total. The van der Waals surface area contributed by atoms with Gasteiger partial charge in [-0.3, -0.25) is 4.79 Å². The van der Waals surface area contributed by atoms with Gasteiger partial charge >= 0.3 is 12.2 Å². The molecule has 2 atom stereocenters. The molecule has 36 heavy (non-hydrogen) atoms. The molecular formula is C27H23F3N4O2. The van der Waals surface area contributed by atoms with Gasteiger partial charge in [-0.05, 0) is 61.2 Å². The summed E-state index contributed by atoms with van der Waals surface area (Å²) in [5.41, 5.74) is 1.81. The highest BCUT2D eigenvalue weighted by Crippen LogP contribution is 2.47. The molecule has 1 aliphatic rings. The zero-order chi connectivity index (χ0) is 25.3. The number of halogens is 3. The summed E-state index contributed by atoms with van der Waals surface area (Å²) in [4.78, 5) is 17.0. The Morgan fingerprint density at radius 3 is 2.50 bits per heavy atom. The van der Waals surface area contributed by atoms with Crippen molar-refractivity contribution in [2.75, 3.05) is 11.9 Å². The molecule has 5 rings (SSSR count). The van der Waals surface area contributed by atoms with E-state index in [0.29, 0.717) is 18.0 Å². The van der Waals surface area contributed by atoms with Gasteiger partial charge in [-0.15, -0.1) is 5.10 Å². The maximum Gasteiger partial charge on any atom is 0.416 e. The number of benzene rings is 3. The average Bonchev–Trinajstić information content (AvgIpc) is 3.58. The Bertz CT molecular complexity index is 1370. The molecule has 0 radical (unpaired) electrons. The van der Waals surface area contributed by atoms with Gasteiger partial charge in [-0.1, -0.05) is 42.5 Å². The van der Waals surface area contributed by atoms with E-state index >= 15 is 0 Å². The van der Waals surface area contributed by atoms with E-state index < -0.39 is 11.7 Å². The van der Waals surface area contributed by atoms with E-state index in [4.69, 9.17) is 4.74 Å². The second kappa shape index (κ2) is 9.49. The molecule has 0 aliphatic heterocycles. The summed E-state index contributed by atoms with van der Waals surface area (Å²) in [6, 6.07) is 21.8. The third kappa shape index (κ3) is 4.95. The fraction of sp³-hybridized carbons (Fsp3) is 0.222. The topological polar surface area (TPSA) is 69.0 Å². The molecule has 0 spiro atoms. The van der Waals surface area contributed by atoms with E-state index in [1.165, 1.54) is 10.7 Å². The highest BCUT2D eigenvalue weighted by atomic mass is 19.4. The Kier molecular flexibility index (Phi) is 6.22. The quantitative estimate of drug-likeness (QED) is 0.339. The first-order chi connectivity index (χ1) is 17.3. The van der Waals surface area contributed by atoms with Gasteiger partial charge < -0.3 is 10.1 Å². The molecule has 0 bridgehead atoms. The summed E-state index contributed by atoms with van der Waals surface area (Å²) < 4.78 is 46.6. The number of nitrogens with zero attached hydrogens (tertiary/aromatic N) is 3. The number of carbonyl (C=O) groups excluding carboxylic acids is 1. The Balaban J connectivity index is 1.36. The van der Waals surface area contributed by atoms with Crippen LogP contribution >= 0.6 is 0 Å². The minimum Gasteiger partial charge on any atom is -0.463 e. The Morgan fingerprint density at radius 2 is 1.81 bits per heavy atom. The second-order valence-corrected chi connectivity index (χ2v) is 8.54. The molecule has 6 nitrogen and oxygen atoms in total. The molecular weight excluding hydrogens is 469 g/mol. The molecule has 1 saturated carbocycles. The normalized spacial score (nSPS) is 17.0. The van der Waals surface area contributed by atoms with Gasteiger partial charge in [-0.25, -0.2) is 4.68 Å². The van der Waals surface area contributed by atoms with Crippen LogP contribution in [-0.4, -0.2) is 27.3 Å². The summed E-state index contributed by atoms with van der Waals surface area (Å²) in [6.45, 7) is 2.08. The smallest absolute Gasteiger partial charge is 0.416 e. The number of amides is 1. The van der Waals surface area contributed by atoms with Crippen LogP contribution in [0.25, 0.3) is 17.1 Å². The number of hydrogen-bond acceptors (Lipinski definition) is 4. The van der Waals surface area contributed by atoms with Crippen molar-refractivity contribution in [2.45, 2.75) is 25.4 Å². The highest BCUT2D eigenvalue weighted by Gasteiger charge is 2.43. The molecule has 9 heteroatoms. The molecule has 0 saturated heterocycles. The SMILES string of the molecule is CCOc1nc(-c2cccc(C(F)(F)F)c2)n(-c2ccc(NC(=O)[C@@H]3C[C@H]3c3ccccc3)cc2)n1. The van der Waals surface area contributed by atoms with E-state index in [0.717, 1.165) is 24.1 Å². The van der Waals surface area contributed by atoms with Crippen LogP contribution in [0.5, 0.6) is 6.01 Å². The zero-order valence-corrected chi connectivity index (χ0v) is 19.4. The molecule has 1 aromatic heterocycles. The summed E-state index contributed by atoms with van der Waals surface area (Å²) in [6.07, 6.45) is -3.67. The molecule has 1 amide bonds. The molecule has 4 aromatic rings. The Labute approximate surface area is 205 Å². The lowest BCUT2D eigenvalue weighted by atomic mass is 10.1. The minimum absolute atomic E-state index is 0.0411. The lowest BCUT2D eigenvalue weighted by Gasteiger charge is -2.10. The van der Waals surface area contributed by atoms with Gasteiger partial charge in [-0.2, -0.15) is 18.2 Å². The Morgan fingerprint density at radius 1 is 1.06 bits per heavy atom. The van der Waals surface area contributed by atoms with Crippen LogP contribution in [0.3, 0.4) is 0 Å². The maximum absolute atomic E-state index is 13.3. The molecule has 184 valence electrons. The van der Waals surface area contributed by atoms with Crippen LogP contribution < -0.4 is 10.1 Å². The first kappa shape index (κ1) is 23.6. The zero-order valence-electron chi connectivity index (χ0n) is 19.4. The third-order valence-electron chi connectivity index (χ3n) is 6.04. The predicted molar refractivity (Wildman–Crippen MR) is 129 cm³/mol. The first-order valence-corrected chi connectivity index (χ1v) is 11.6. The van der Waals surface area contributed by atoms with Crippen LogP contribution in [0, 0.1) is 5.92 Å². The average molecular weight is 493 g/mol.